The van der Waals surface area contributed by atoms with E-state index in [0.29, 0.717) is 17.0 Å². The normalized spacial score (nSPS) is 15.5. The molecule has 148 valence electrons. The smallest absolute Gasteiger partial charge is 0.265 e. The molecule has 0 radical (unpaired) electrons. The second-order valence-electron chi connectivity index (χ2n) is 7.06. The van der Waals surface area contributed by atoms with Gasteiger partial charge in [0.25, 0.3) is 11.8 Å². The predicted molar refractivity (Wildman–Crippen MR) is 106 cm³/mol. The number of hydrogen-bond acceptors (Lipinski definition) is 3. The molecule has 2 N–H and O–H groups in total. The topological polar surface area (TPSA) is 67.4 Å². The third-order valence-corrected chi connectivity index (χ3v) is 4.87. The Morgan fingerprint density at radius 3 is 2.43 bits per heavy atom. The quantitative estimate of drug-likeness (QED) is 0.781. The lowest BCUT2D eigenvalue weighted by atomic mass is 9.95. The van der Waals surface area contributed by atoms with Crippen LogP contribution >= 0.6 is 0 Å². The van der Waals surface area contributed by atoms with E-state index in [0.717, 1.165) is 25.7 Å². The Bertz CT molecular complexity index is 817. The van der Waals surface area contributed by atoms with Crippen LogP contribution < -0.4 is 15.4 Å². The zero-order chi connectivity index (χ0) is 19.9. The second kappa shape index (κ2) is 9.35. The predicted octanol–water partition coefficient (Wildman–Crippen LogP) is 4.29. The highest BCUT2D eigenvalue weighted by Gasteiger charge is 2.21. The Labute approximate surface area is 164 Å². The van der Waals surface area contributed by atoms with Gasteiger partial charge in [0, 0.05) is 6.04 Å². The van der Waals surface area contributed by atoms with Gasteiger partial charge in [0.1, 0.15) is 11.6 Å². The second-order valence-corrected chi connectivity index (χ2v) is 7.06. The molecule has 5 nitrogen and oxygen atoms in total. The van der Waals surface area contributed by atoms with Gasteiger partial charge in [-0.05, 0) is 56.2 Å². The summed E-state index contributed by atoms with van der Waals surface area (Å²) >= 11 is 0. The standard InChI is InChI=1S/C22H25FN2O3/c1-15(28-18-13-11-16(23)12-14-18)21(26)25-20-10-6-5-9-19(20)22(27)24-17-7-3-2-4-8-17/h5-6,9-15,17H,2-4,7-8H2,1H3,(H,24,27)(H,25,26)/t15-/m1/s1. The molecule has 1 aliphatic carbocycles. The van der Waals surface area contributed by atoms with Crippen LogP contribution in [0.4, 0.5) is 10.1 Å². The van der Waals surface area contributed by atoms with Crippen molar-refractivity contribution in [2.45, 2.75) is 51.2 Å². The average Bonchev–Trinajstić information content (AvgIpc) is 2.70. The third kappa shape index (κ3) is 5.31. The zero-order valence-corrected chi connectivity index (χ0v) is 15.9. The SMILES string of the molecule is C[C@@H](Oc1ccc(F)cc1)C(=O)Nc1ccccc1C(=O)NC1CCCCC1. The van der Waals surface area contributed by atoms with Gasteiger partial charge >= 0.3 is 0 Å². The van der Waals surface area contributed by atoms with Crippen LogP contribution in [0, 0.1) is 5.82 Å². The van der Waals surface area contributed by atoms with E-state index in [9.17, 15) is 14.0 Å². The van der Waals surface area contributed by atoms with Crippen molar-refractivity contribution in [1.29, 1.82) is 0 Å². The number of amides is 2. The van der Waals surface area contributed by atoms with Crippen LogP contribution in [0.3, 0.4) is 0 Å². The molecule has 1 aliphatic rings. The van der Waals surface area contributed by atoms with Crippen LogP contribution in [0.1, 0.15) is 49.4 Å². The van der Waals surface area contributed by atoms with Crippen LogP contribution in [0.15, 0.2) is 48.5 Å². The van der Waals surface area contributed by atoms with Crippen molar-refractivity contribution >= 4 is 17.5 Å². The van der Waals surface area contributed by atoms with Gasteiger partial charge in [-0.1, -0.05) is 31.4 Å². The Morgan fingerprint density at radius 1 is 1.04 bits per heavy atom. The fourth-order valence-corrected chi connectivity index (χ4v) is 3.31. The first-order chi connectivity index (χ1) is 13.5. The molecule has 6 heteroatoms. The first-order valence-corrected chi connectivity index (χ1v) is 9.66. The molecule has 0 aliphatic heterocycles. The van der Waals surface area contributed by atoms with Crippen LogP contribution in [0.25, 0.3) is 0 Å². The summed E-state index contributed by atoms with van der Waals surface area (Å²) in [5.41, 5.74) is 0.866. The summed E-state index contributed by atoms with van der Waals surface area (Å²) in [7, 11) is 0. The minimum absolute atomic E-state index is 0.185. The summed E-state index contributed by atoms with van der Waals surface area (Å²) in [4.78, 5) is 25.2. The van der Waals surface area contributed by atoms with Crippen molar-refractivity contribution in [2.24, 2.45) is 0 Å². The molecule has 0 unspecified atom stereocenters. The molecule has 2 aromatic rings. The zero-order valence-electron chi connectivity index (χ0n) is 15.9. The molecule has 0 bridgehead atoms. The van der Waals surface area contributed by atoms with Crippen molar-refractivity contribution in [3.05, 3.63) is 59.9 Å². The molecular formula is C22H25FN2O3. The van der Waals surface area contributed by atoms with Crippen LogP contribution in [-0.2, 0) is 4.79 Å². The van der Waals surface area contributed by atoms with Crippen molar-refractivity contribution < 1.29 is 18.7 Å². The van der Waals surface area contributed by atoms with Crippen molar-refractivity contribution in [3.8, 4) is 5.75 Å². The number of carbonyl (C=O) groups excluding carboxylic acids is 2. The van der Waals surface area contributed by atoms with E-state index >= 15 is 0 Å². The Hall–Kier alpha value is -2.89. The number of nitrogens with one attached hydrogen (secondary N) is 2. The lowest BCUT2D eigenvalue weighted by molar-refractivity contribution is -0.122. The van der Waals surface area contributed by atoms with Crippen molar-refractivity contribution in [2.75, 3.05) is 5.32 Å². The number of benzene rings is 2. The molecule has 2 aromatic carbocycles. The summed E-state index contributed by atoms with van der Waals surface area (Å²) in [6, 6.07) is 12.6. The molecule has 1 atom stereocenters. The monoisotopic (exact) mass is 384 g/mol. The lowest BCUT2D eigenvalue weighted by Crippen LogP contribution is -2.37. The van der Waals surface area contributed by atoms with E-state index in [1.807, 2.05) is 0 Å². The van der Waals surface area contributed by atoms with E-state index in [-0.39, 0.29) is 23.7 Å². The molecule has 2 amide bonds. The third-order valence-electron chi connectivity index (χ3n) is 4.87. The molecule has 0 spiro atoms. The largest absolute Gasteiger partial charge is 0.481 e. The number of ether oxygens (including phenoxy) is 1. The summed E-state index contributed by atoms with van der Waals surface area (Å²) in [5.74, 6) is -0.549. The number of hydrogen-bond donors (Lipinski definition) is 2. The minimum atomic E-state index is -0.806. The summed E-state index contributed by atoms with van der Waals surface area (Å²) < 4.78 is 18.5. The van der Waals surface area contributed by atoms with Crippen molar-refractivity contribution in [3.63, 3.8) is 0 Å². The Kier molecular flexibility index (Phi) is 6.63. The molecule has 28 heavy (non-hydrogen) atoms. The fourth-order valence-electron chi connectivity index (χ4n) is 3.31. The number of carbonyl (C=O) groups is 2. The van der Waals surface area contributed by atoms with Gasteiger partial charge in [-0.15, -0.1) is 0 Å². The molecular weight excluding hydrogens is 359 g/mol. The average molecular weight is 384 g/mol. The van der Waals surface area contributed by atoms with E-state index in [4.69, 9.17) is 4.74 Å². The van der Waals surface area contributed by atoms with Gasteiger partial charge < -0.3 is 15.4 Å². The van der Waals surface area contributed by atoms with E-state index in [2.05, 4.69) is 10.6 Å². The molecule has 1 fully saturated rings. The first-order valence-electron chi connectivity index (χ1n) is 9.66. The number of rotatable bonds is 6. The highest BCUT2D eigenvalue weighted by atomic mass is 19.1. The minimum Gasteiger partial charge on any atom is -0.481 e. The highest BCUT2D eigenvalue weighted by molar-refractivity contribution is 6.04. The summed E-state index contributed by atoms with van der Waals surface area (Å²) in [6.07, 6.45) is 4.64. The van der Waals surface area contributed by atoms with Gasteiger partial charge in [0.05, 0.1) is 11.3 Å². The first kappa shape index (κ1) is 19.9. The summed E-state index contributed by atoms with van der Waals surface area (Å²) in [5, 5.41) is 5.83. The van der Waals surface area contributed by atoms with E-state index < -0.39 is 6.10 Å². The van der Waals surface area contributed by atoms with Gasteiger partial charge in [-0.25, -0.2) is 4.39 Å². The summed E-state index contributed by atoms with van der Waals surface area (Å²) in [6.45, 7) is 1.60. The Balaban J connectivity index is 1.63. The maximum atomic E-state index is 13.0. The molecule has 0 saturated heterocycles. The van der Waals surface area contributed by atoms with Gasteiger partial charge in [0.2, 0.25) is 0 Å². The van der Waals surface area contributed by atoms with Crippen molar-refractivity contribution in [1.82, 2.24) is 5.32 Å². The molecule has 3 rings (SSSR count). The maximum absolute atomic E-state index is 13.0. The fraction of sp³-hybridized carbons (Fsp3) is 0.364. The van der Waals surface area contributed by atoms with E-state index in [1.165, 1.54) is 30.7 Å². The molecule has 0 aromatic heterocycles. The number of anilines is 1. The Morgan fingerprint density at radius 2 is 1.71 bits per heavy atom. The molecule has 1 saturated carbocycles. The van der Waals surface area contributed by atoms with Gasteiger partial charge in [-0.2, -0.15) is 0 Å². The number of halogens is 1. The van der Waals surface area contributed by atoms with Crippen LogP contribution in [0.2, 0.25) is 0 Å². The van der Waals surface area contributed by atoms with Gasteiger partial charge in [-0.3, -0.25) is 9.59 Å². The van der Waals surface area contributed by atoms with Crippen LogP contribution in [-0.4, -0.2) is 24.0 Å². The maximum Gasteiger partial charge on any atom is 0.265 e. The van der Waals surface area contributed by atoms with Crippen LogP contribution in [0.5, 0.6) is 5.75 Å². The van der Waals surface area contributed by atoms with Gasteiger partial charge in [0.15, 0.2) is 6.10 Å². The lowest BCUT2D eigenvalue weighted by Gasteiger charge is -2.23. The number of para-hydroxylation sites is 1. The van der Waals surface area contributed by atoms with E-state index in [1.54, 1.807) is 31.2 Å². The molecule has 0 heterocycles. The highest BCUT2D eigenvalue weighted by Crippen LogP contribution is 2.21.